The van der Waals surface area contributed by atoms with Gasteiger partial charge < -0.3 is 5.32 Å². The molecule has 5 heteroatoms. The number of anilines is 1. The quantitative estimate of drug-likeness (QED) is 0.524. The van der Waals surface area contributed by atoms with Crippen LogP contribution in [0.3, 0.4) is 0 Å². The standard InChI is InChI=1S/C11H12BrN3O/c1-3-8(4-2)11(16)15-10-7-13-9(5-12)6-14-10/h3-4,6-7H,1,5H2,2H3,(H,14,15,16)/b8-4+. The first-order chi connectivity index (χ1) is 7.71. The third-order valence-corrected chi connectivity index (χ3v) is 2.45. The highest BCUT2D eigenvalue weighted by atomic mass is 79.9. The molecule has 1 heterocycles. The van der Waals surface area contributed by atoms with Crippen LogP contribution in [0.15, 0.2) is 36.7 Å². The van der Waals surface area contributed by atoms with Crippen molar-refractivity contribution in [1.29, 1.82) is 0 Å². The van der Waals surface area contributed by atoms with Gasteiger partial charge in [0.1, 0.15) is 0 Å². The topological polar surface area (TPSA) is 54.9 Å². The van der Waals surface area contributed by atoms with Crippen molar-refractivity contribution in [3.63, 3.8) is 0 Å². The van der Waals surface area contributed by atoms with E-state index in [1.807, 2.05) is 0 Å². The van der Waals surface area contributed by atoms with Gasteiger partial charge in [-0.2, -0.15) is 0 Å². The van der Waals surface area contributed by atoms with Crippen LogP contribution in [0.4, 0.5) is 5.82 Å². The van der Waals surface area contributed by atoms with Gasteiger partial charge >= 0.3 is 0 Å². The van der Waals surface area contributed by atoms with Crippen molar-refractivity contribution in [1.82, 2.24) is 9.97 Å². The molecule has 4 nitrogen and oxygen atoms in total. The summed E-state index contributed by atoms with van der Waals surface area (Å²) in [6.45, 7) is 5.32. The van der Waals surface area contributed by atoms with Crippen molar-refractivity contribution in [2.45, 2.75) is 12.3 Å². The molecule has 0 atom stereocenters. The zero-order chi connectivity index (χ0) is 12.0. The second kappa shape index (κ2) is 6.17. The third kappa shape index (κ3) is 3.27. The first kappa shape index (κ1) is 12.6. The molecular weight excluding hydrogens is 270 g/mol. The maximum atomic E-state index is 11.6. The van der Waals surface area contributed by atoms with Crippen molar-refractivity contribution in [2.24, 2.45) is 0 Å². The van der Waals surface area contributed by atoms with Gasteiger partial charge in [0, 0.05) is 10.9 Å². The second-order valence-corrected chi connectivity index (χ2v) is 3.49. The van der Waals surface area contributed by atoms with Gasteiger partial charge in [-0.15, -0.1) is 0 Å². The summed E-state index contributed by atoms with van der Waals surface area (Å²) in [7, 11) is 0. The number of halogens is 1. The van der Waals surface area contributed by atoms with E-state index in [1.165, 1.54) is 12.3 Å². The molecule has 0 aliphatic heterocycles. The van der Waals surface area contributed by atoms with Gasteiger partial charge in [0.25, 0.3) is 5.91 Å². The molecular formula is C11H12BrN3O. The van der Waals surface area contributed by atoms with E-state index in [1.54, 1.807) is 19.2 Å². The predicted molar refractivity (Wildman–Crippen MR) is 67.2 cm³/mol. The maximum Gasteiger partial charge on any atom is 0.256 e. The highest BCUT2D eigenvalue weighted by Crippen LogP contribution is 2.06. The lowest BCUT2D eigenvalue weighted by molar-refractivity contribution is -0.112. The van der Waals surface area contributed by atoms with Crippen molar-refractivity contribution >= 4 is 27.7 Å². The Bertz CT molecular complexity index is 412. The average Bonchev–Trinajstić information content (AvgIpc) is 2.31. The molecule has 1 rings (SSSR count). The summed E-state index contributed by atoms with van der Waals surface area (Å²) in [5.41, 5.74) is 1.32. The number of aromatic nitrogens is 2. The minimum absolute atomic E-state index is 0.238. The largest absolute Gasteiger partial charge is 0.305 e. The Hall–Kier alpha value is -1.49. The lowest BCUT2D eigenvalue weighted by atomic mass is 10.2. The number of amides is 1. The lowest BCUT2D eigenvalue weighted by Gasteiger charge is -2.04. The SMILES string of the molecule is C=C/C(=C\C)C(=O)Nc1cnc(CBr)cn1. The Kier molecular flexibility index (Phi) is 4.85. The molecule has 0 spiro atoms. The number of alkyl halides is 1. The van der Waals surface area contributed by atoms with Gasteiger partial charge in [-0.05, 0) is 6.92 Å². The Morgan fingerprint density at radius 1 is 1.56 bits per heavy atom. The Labute approximate surface area is 103 Å². The van der Waals surface area contributed by atoms with Crippen LogP contribution < -0.4 is 5.32 Å². The molecule has 1 aromatic rings. The molecule has 0 aromatic carbocycles. The summed E-state index contributed by atoms with van der Waals surface area (Å²) in [5.74, 6) is 0.189. The first-order valence-electron chi connectivity index (χ1n) is 4.68. The Morgan fingerprint density at radius 3 is 2.75 bits per heavy atom. The van der Waals surface area contributed by atoms with E-state index in [9.17, 15) is 4.79 Å². The van der Waals surface area contributed by atoms with Crippen LogP contribution in [0.25, 0.3) is 0 Å². The molecule has 0 saturated heterocycles. The van der Waals surface area contributed by atoms with E-state index < -0.39 is 0 Å². The number of hydrogen-bond acceptors (Lipinski definition) is 3. The van der Waals surface area contributed by atoms with Crippen LogP contribution in [0, 0.1) is 0 Å². The number of hydrogen-bond donors (Lipinski definition) is 1. The number of rotatable bonds is 4. The molecule has 0 aliphatic carbocycles. The van der Waals surface area contributed by atoms with Crippen LogP contribution in [0.1, 0.15) is 12.6 Å². The molecule has 0 fully saturated rings. The summed E-state index contributed by atoms with van der Waals surface area (Å²) in [4.78, 5) is 19.7. The monoisotopic (exact) mass is 281 g/mol. The van der Waals surface area contributed by atoms with Crippen molar-refractivity contribution in [3.8, 4) is 0 Å². The van der Waals surface area contributed by atoms with Gasteiger partial charge in [-0.3, -0.25) is 9.78 Å². The number of nitrogens with one attached hydrogen (secondary N) is 1. The zero-order valence-electron chi connectivity index (χ0n) is 8.90. The van der Waals surface area contributed by atoms with Crippen LogP contribution in [0.2, 0.25) is 0 Å². The van der Waals surface area contributed by atoms with E-state index in [0.717, 1.165) is 5.69 Å². The molecule has 1 amide bonds. The van der Waals surface area contributed by atoms with Crippen molar-refractivity contribution in [2.75, 3.05) is 5.32 Å². The fourth-order valence-corrected chi connectivity index (χ4v) is 1.31. The van der Waals surface area contributed by atoms with Crippen molar-refractivity contribution in [3.05, 3.63) is 42.4 Å². The molecule has 0 radical (unpaired) electrons. The molecule has 1 aromatic heterocycles. The maximum absolute atomic E-state index is 11.6. The fraction of sp³-hybridized carbons (Fsp3) is 0.182. The molecule has 0 saturated carbocycles. The first-order valence-corrected chi connectivity index (χ1v) is 5.80. The molecule has 84 valence electrons. The van der Waals surface area contributed by atoms with E-state index in [-0.39, 0.29) is 5.91 Å². The second-order valence-electron chi connectivity index (χ2n) is 2.93. The predicted octanol–water partition coefficient (Wildman–Crippen LogP) is 2.44. The van der Waals surface area contributed by atoms with Crippen LogP contribution >= 0.6 is 15.9 Å². The van der Waals surface area contributed by atoms with E-state index in [4.69, 9.17) is 0 Å². The van der Waals surface area contributed by atoms with Gasteiger partial charge in [0.2, 0.25) is 0 Å². The Morgan fingerprint density at radius 2 is 2.31 bits per heavy atom. The van der Waals surface area contributed by atoms with Gasteiger partial charge in [-0.1, -0.05) is 34.7 Å². The molecule has 1 N–H and O–H groups in total. The van der Waals surface area contributed by atoms with Crippen molar-refractivity contribution < 1.29 is 4.79 Å². The van der Waals surface area contributed by atoms with Gasteiger partial charge in [0.15, 0.2) is 5.82 Å². The zero-order valence-corrected chi connectivity index (χ0v) is 10.5. The van der Waals surface area contributed by atoms with E-state index in [2.05, 4.69) is 37.8 Å². The number of carbonyl (C=O) groups excluding carboxylic acids is 1. The Balaban J connectivity index is 2.73. The van der Waals surface area contributed by atoms with Crippen LogP contribution in [0.5, 0.6) is 0 Å². The summed E-state index contributed by atoms with van der Waals surface area (Å²) >= 11 is 3.27. The smallest absolute Gasteiger partial charge is 0.256 e. The molecule has 0 aliphatic rings. The number of nitrogens with zero attached hydrogens (tertiary/aromatic N) is 2. The summed E-state index contributed by atoms with van der Waals surface area (Å²) in [5, 5.41) is 3.27. The fourth-order valence-electron chi connectivity index (χ4n) is 1.02. The summed E-state index contributed by atoms with van der Waals surface area (Å²) in [6.07, 6.45) is 6.30. The number of carbonyl (C=O) groups is 1. The minimum atomic E-state index is -0.238. The van der Waals surface area contributed by atoms with E-state index in [0.29, 0.717) is 16.7 Å². The van der Waals surface area contributed by atoms with E-state index >= 15 is 0 Å². The normalized spacial score (nSPS) is 11.0. The van der Waals surface area contributed by atoms with Crippen LogP contribution in [-0.2, 0) is 10.1 Å². The lowest BCUT2D eigenvalue weighted by Crippen LogP contribution is -2.14. The molecule has 16 heavy (non-hydrogen) atoms. The van der Waals surface area contributed by atoms with Gasteiger partial charge in [0.05, 0.1) is 18.1 Å². The highest BCUT2D eigenvalue weighted by Gasteiger charge is 2.06. The third-order valence-electron chi connectivity index (χ3n) is 1.88. The highest BCUT2D eigenvalue weighted by molar-refractivity contribution is 9.08. The minimum Gasteiger partial charge on any atom is -0.305 e. The summed E-state index contributed by atoms with van der Waals surface area (Å²) in [6, 6.07) is 0. The molecule has 0 unspecified atom stereocenters. The summed E-state index contributed by atoms with van der Waals surface area (Å²) < 4.78 is 0. The van der Waals surface area contributed by atoms with Crippen LogP contribution in [-0.4, -0.2) is 15.9 Å². The van der Waals surface area contributed by atoms with Gasteiger partial charge in [-0.25, -0.2) is 4.98 Å². The molecule has 0 bridgehead atoms. The average molecular weight is 282 g/mol. The number of allylic oxidation sites excluding steroid dienone is 1.